The molecule has 5 nitrogen and oxygen atoms in total. The number of hydrogen-bond acceptors (Lipinski definition) is 4. The van der Waals surface area contributed by atoms with Gasteiger partial charge in [0.05, 0.1) is 12.6 Å². The van der Waals surface area contributed by atoms with Crippen LogP contribution < -0.4 is 0 Å². The van der Waals surface area contributed by atoms with E-state index in [9.17, 15) is 4.79 Å². The molecule has 1 atom stereocenters. The molecule has 116 valence electrons. The lowest BCUT2D eigenvalue weighted by atomic mass is 10.0. The molecule has 0 N–H and O–H groups in total. The first-order valence-electron chi connectivity index (χ1n) is 7.54. The summed E-state index contributed by atoms with van der Waals surface area (Å²) in [6, 6.07) is 9.80. The minimum Gasteiger partial charge on any atom is -0.383 e. The molecule has 22 heavy (non-hydrogen) atoms. The normalized spacial score (nSPS) is 17.9. The molecule has 1 aliphatic heterocycles. The van der Waals surface area contributed by atoms with Gasteiger partial charge in [-0.05, 0) is 19.8 Å². The first-order chi connectivity index (χ1) is 10.7. The number of carbonyl (C=O) groups is 1. The number of ether oxygens (including phenoxy) is 1. The van der Waals surface area contributed by atoms with Gasteiger partial charge in [0.2, 0.25) is 0 Å². The van der Waals surface area contributed by atoms with Crippen LogP contribution in [0.5, 0.6) is 0 Å². The second kappa shape index (κ2) is 6.32. The Morgan fingerprint density at radius 3 is 2.91 bits per heavy atom. The average molecular weight is 300 g/mol. The van der Waals surface area contributed by atoms with Crippen molar-refractivity contribution in [2.75, 3.05) is 20.3 Å². The third kappa shape index (κ3) is 2.64. The van der Waals surface area contributed by atoms with E-state index in [4.69, 9.17) is 9.26 Å². The minimum atomic E-state index is -0.0165. The maximum atomic E-state index is 13.0. The van der Waals surface area contributed by atoms with Gasteiger partial charge >= 0.3 is 0 Å². The zero-order valence-corrected chi connectivity index (χ0v) is 12.9. The van der Waals surface area contributed by atoms with Gasteiger partial charge in [-0.3, -0.25) is 4.79 Å². The van der Waals surface area contributed by atoms with Crippen molar-refractivity contribution < 1.29 is 14.1 Å². The van der Waals surface area contributed by atoms with Gasteiger partial charge in [-0.1, -0.05) is 35.5 Å². The van der Waals surface area contributed by atoms with Crippen molar-refractivity contribution >= 4 is 5.91 Å². The smallest absolute Gasteiger partial charge is 0.260 e. The third-order valence-corrected chi connectivity index (χ3v) is 4.12. The van der Waals surface area contributed by atoms with Crippen molar-refractivity contribution in [1.82, 2.24) is 10.1 Å². The highest BCUT2D eigenvalue weighted by Gasteiger charge is 2.33. The Hall–Kier alpha value is -2.14. The van der Waals surface area contributed by atoms with Crippen LogP contribution in [0.3, 0.4) is 0 Å². The van der Waals surface area contributed by atoms with E-state index in [1.807, 2.05) is 35.2 Å². The molecule has 2 aromatic rings. The third-order valence-electron chi connectivity index (χ3n) is 4.12. The Bertz CT molecular complexity index is 651. The summed E-state index contributed by atoms with van der Waals surface area (Å²) in [7, 11) is 1.67. The van der Waals surface area contributed by atoms with E-state index < -0.39 is 0 Å². The van der Waals surface area contributed by atoms with Crippen LogP contribution >= 0.6 is 0 Å². The molecule has 1 fully saturated rings. The zero-order chi connectivity index (χ0) is 15.5. The lowest BCUT2D eigenvalue weighted by Gasteiger charge is -2.24. The van der Waals surface area contributed by atoms with Gasteiger partial charge in [0.15, 0.2) is 0 Å². The highest BCUT2D eigenvalue weighted by Crippen LogP contribution is 2.29. The Labute approximate surface area is 129 Å². The summed E-state index contributed by atoms with van der Waals surface area (Å²) in [6.45, 7) is 3.11. The van der Waals surface area contributed by atoms with Crippen molar-refractivity contribution in [3.63, 3.8) is 0 Å². The molecule has 0 aliphatic carbocycles. The van der Waals surface area contributed by atoms with Crippen LogP contribution in [0.25, 0.3) is 11.3 Å². The monoisotopic (exact) mass is 300 g/mol. The highest BCUT2D eigenvalue weighted by atomic mass is 16.5. The lowest BCUT2D eigenvalue weighted by molar-refractivity contribution is 0.0629. The Kier molecular flexibility index (Phi) is 4.24. The average Bonchev–Trinajstić information content (AvgIpc) is 3.15. The molecule has 0 unspecified atom stereocenters. The fraction of sp³-hybridized carbons (Fsp3) is 0.412. The predicted octanol–water partition coefficient (Wildman–Crippen LogP) is 2.90. The van der Waals surface area contributed by atoms with Crippen molar-refractivity contribution in [2.24, 2.45) is 0 Å². The van der Waals surface area contributed by atoms with Crippen LogP contribution in [-0.4, -0.2) is 42.3 Å². The van der Waals surface area contributed by atoms with Crippen molar-refractivity contribution in [3.8, 4) is 11.3 Å². The molecule has 0 radical (unpaired) electrons. The summed E-state index contributed by atoms with van der Waals surface area (Å²) < 4.78 is 10.5. The number of aromatic nitrogens is 1. The molecular formula is C17H20N2O3. The Morgan fingerprint density at radius 2 is 2.18 bits per heavy atom. The highest BCUT2D eigenvalue weighted by molar-refractivity contribution is 6.01. The number of aryl methyl sites for hydroxylation is 1. The van der Waals surface area contributed by atoms with Crippen LogP contribution in [0, 0.1) is 6.92 Å². The summed E-state index contributed by atoms with van der Waals surface area (Å²) in [5.74, 6) is 0.545. The molecule has 1 saturated heterocycles. The van der Waals surface area contributed by atoms with E-state index in [2.05, 4.69) is 5.16 Å². The molecule has 5 heteroatoms. The van der Waals surface area contributed by atoms with Crippen LogP contribution in [-0.2, 0) is 4.74 Å². The van der Waals surface area contributed by atoms with E-state index in [-0.39, 0.29) is 11.9 Å². The molecule has 2 heterocycles. The van der Waals surface area contributed by atoms with Gasteiger partial charge in [0.1, 0.15) is 17.0 Å². The Morgan fingerprint density at radius 1 is 1.41 bits per heavy atom. The number of carbonyl (C=O) groups excluding carboxylic acids is 1. The maximum absolute atomic E-state index is 13.0. The quantitative estimate of drug-likeness (QED) is 0.871. The summed E-state index contributed by atoms with van der Waals surface area (Å²) in [5.41, 5.74) is 2.07. The number of amides is 1. The van der Waals surface area contributed by atoms with Gasteiger partial charge in [-0.15, -0.1) is 0 Å². The second-order valence-corrected chi connectivity index (χ2v) is 5.58. The number of rotatable bonds is 4. The van der Waals surface area contributed by atoms with Crippen molar-refractivity contribution in [1.29, 1.82) is 0 Å². The van der Waals surface area contributed by atoms with Crippen molar-refractivity contribution in [3.05, 3.63) is 41.7 Å². The molecule has 0 bridgehead atoms. The molecule has 0 saturated carbocycles. The second-order valence-electron chi connectivity index (χ2n) is 5.58. The molecular weight excluding hydrogens is 280 g/mol. The molecule has 1 amide bonds. The molecule has 1 aliphatic rings. The molecule has 3 rings (SSSR count). The summed E-state index contributed by atoms with van der Waals surface area (Å²) >= 11 is 0. The van der Waals surface area contributed by atoms with Gasteiger partial charge in [-0.2, -0.15) is 0 Å². The number of methoxy groups -OCH3 is 1. The van der Waals surface area contributed by atoms with E-state index in [1.54, 1.807) is 14.0 Å². The fourth-order valence-electron chi connectivity index (χ4n) is 3.03. The van der Waals surface area contributed by atoms with E-state index in [1.165, 1.54) is 0 Å². The van der Waals surface area contributed by atoms with Gasteiger partial charge in [0.25, 0.3) is 5.91 Å². The van der Waals surface area contributed by atoms with Crippen molar-refractivity contribution in [2.45, 2.75) is 25.8 Å². The SMILES string of the molecule is COC[C@@H]1CCCN1C(=O)c1c(-c2ccccc2)noc1C. The number of nitrogens with zero attached hydrogens (tertiary/aromatic N) is 2. The lowest BCUT2D eigenvalue weighted by Crippen LogP contribution is -2.38. The molecule has 1 aromatic heterocycles. The molecule has 0 spiro atoms. The van der Waals surface area contributed by atoms with Gasteiger partial charge in [-0.25, -0.2) is 0 Å². The summed E-state index contributed by atoms with van der Waals surface area (Å²) in [4.78, 5) is 14.9. The summed E-state index contributed by atoms with van der Waals surface area (Å²) in [6.07, 6.45) is 1.98. The van der Waals surface area contributed by atoms with E-state index >= 15 is 0 Å². The topological polar surface area (TPSA) is 55.6 Å². The maximum Gasteiger partial charge on any atom is 0.260 e. The number of hydrogen-bond donors (Lipinski definition) is 0. The number of benzene rings is 1. The first-order valence-corrected chi connectivity index (χ1v) is 7.54. The van der Waals surface area contributed by atoms with Gasteiger partial charge < -0.3 is 14.2 Å². The van der Waals surface area contributed by atoms with Crippen LogP contribution in [0.4, 0.5) is 0 Å². The van der Waals surface area contributed by atoms with Crippen LogP contribution in [0.1, 0.15) is 29.0 Å². The molecule has 1 aromatic carbocycles. The van der Waals surface area contributed by atoms with E-state index in [0.29, 0.717) is 23.6 Å². The predicted molar refractivity (Wildman–Crippen MR) is 82.6 cm³/mol. The standard InChI is InChI=1S/C17H20N2O3/c1-12-15(16(18-22-12)13-7-4-3-5-8-13)17(20)19-10-6-9-14(19)11-21-2/h3-5,7-8,14H,6,9-11H2,1-2H3/t14-/m0/s1. The van der Waals surface area contributed by atoms with E-state index in [0.717, 1.165) is 24.9 Å². The minimum absolute atomic E-state index is 0.0165. The van der Waals surface area contributed by atoms with Crippen LogP contribution in [0.15, 0.2) is 34.9 Å². The Balaban J connectivity index is 1.95. The number of likely N-dealkylation sites (tertiary alicyclic amines) is 1. The summed E-state index contributed by atoms with van der Waals surface area (Å²) in [5, 5.41) is 4.10. The zero-order valence-electron chi connectivity index (χ0n) is 12.9. The largest absolute Gasteiger partial charge is 0.383 e. The van der Waals surface area contributed by atoms with Crippen LogP contribution in [0.2, 0.25) is 0 Å². The first kappa shape index (κ1) is 14.8. The van der Waals surface area contributed by atoms with Gasteiger partial charge in [0, 0.05) is 19.2 Å². The fourth-order valence-corrected chi connectivity index (χ4v) is 3.03.